The highest BCUT2D eigenvalue weighted by atomic mass is 16.5. The lowest BCUT2D eigenvalue weighted by atomic mass is 9.76. The monoisotopic (exact) mass is 535 g/mol. The third-order valence-corrected chi connectivity index (χ3v) is 8.57. The summed E-state index contributed by atoms with van der Waals surface area (Å²) < 4.78 is 11.0. The van der Waals surface area contributed by atoms with Crippen LogP contribution in [0.4, 0.5) is 21.0 Å². The molecule has 2 aliphatic heterocycles. The molecule has 2 aromatic carbocycles. The van der Waals surface area contributed by atoms with Gasteiger partial charge in [0.05, 0.1) is 5.69 Å². The van der Waals surface area contributed by atoms with Crippen LogP contribution in [0.1, 0.15) is 56.6 Å². The van der Waals surface area contributed by atoms with Crippen LogP contribution in [0.3, 0.4) is 0 Å². The Hall–Kier alpha value is -3.59. The molecule has 2 heterocycles. The molecule has 1 unspecified atom stereocenters. The summed E-state index contributed by atoms with van der Waals surface area (Å²) in [5, 5.41) is 15.7. The van der Waals surface area contributed by atoms with Gasteiger partial charge in [-0.2, -0.15) is 0 Å². The molecule has 9 nitrogen and oxygen atoms in total. The number of benzene rings is 2. The van der Waals surface area contributed by atoms with Crippen molar-refractivity contribution >= 4 is 29.5 Å². The summed E-state index contributed by atoms with van der Waals surface area (Å²) in [6.45, 7) is 3.90. The minimum Gasteiger partial charge on any atom is -0.465 e. The Balaban J connectivity index is 1.32. The Kier molecular flexibility index (Phi) is 8.07. The Morgan fingerprint density at radius 1 is 1.08 bits per heavy atom. The number of carbonyl (C=O) groups excluding carboxylic acids is 2. The van der Waals surface area contributed by atoms with Gasteiger partial charge in [0, 0.05) is 30.9 Å². The average Bonchev–Trinajstić information content (AvgIpc) is 3.25. The van der Waals surface area contributed by atoms with E-state index in [4.69, 9.17) is 9.47 Å². The summed E-state index contributed by atoms with van der Waals surface area (Å²) >= 11 is 0. The SMILES string of the molecule is C[C@H]1CC[C@H](C(NC(=O)OCc2ccccc2)C(=O)Nc2ccc3c(c2)N(C(=O)O)CC32CCOCC2)CC1. The standard InChI is InChI=1S/C30H37N3O6/c1-20-7-9-22(10-8-20)26(32-28(35)39-18-21-5-3-2-4-6-21)27(34)31-23-11-12-24-25(17-23)33(29(36)37)19-30(24)13-15-38-16-14-30/h2-6,11-12,17,20,22,26H,7-10,13-16,18-19H2,1H3,(H,31,34)(H,32,35)(H,36,37)/t20-,22-,26?. The van der Waals surface area contributed by atoms with Crippen molar-refractivity contribution in [1.29, 1.82) is 0 Å². The lowest BCUT2D eigenvalue weighted by molar-refractivity contribution is -0.119. The predicted octanol–water partition coefficient (Wildman–Crippen LogP) is 5.29. The molecule has 2 aromatic rings. The topological polar surface area (TPSA) is 117 Å². The van der Waals surface area contributed by atoms with Crippen LogP contribution < -0.4 is 15.5 Å². The van der Waals surface area contributed by atoms with E-state index in [0.717, 1.165) is 49.7 Å². The number of amides is 3. The lowest BCUT2D eigenvalue weighted by Gasteiger charge is -2.33. The zero-order valence-corrected chi connectivity index (χ0v) is 22.4. The zero-order valence-electron chi connectivity index (χ0n) is 22.4. The number of rotatable bonds is 6. The number of ether oxygens (including phenoxy) is 2. The summed E-state index contributed by atoms with van der Waals surface area (Å²) in [6, 6.07) is 14.1. The third-order valence-electron chi connectivity index (χ3n) is 8.57. The van der Waals surface area contributed by atoms with E-state index in [2.05, 4.69) is 17.6 Å². The quantitative estimate of drug-likeness (QED) is 0.463. The number of hydrogen-bond donors (Lipinski definition) is 3. The summed E-state index contributed by atoms with van der Waals surface area (Å²) in [6.07, 6.45) is 3.52. The Labute approximate surface area is 228 Å². The van der Waals surface area contributed by atoms with Gasteiger partial charge < -0.3 is 25.2 Å². The van der Waals surface area contributed by atoms with E-state index in [1.165, 1.54) is 4.90 Å². The van der Waals surface area contributed by atoms with Crippen LogP contribution in [0, 0.1) is 11.8 Å². The molecular formula is C30H37N3O6. The van der Waals surface area contributed by atoms with E-state index in [0.29, 0.717) is 37.1 Å². The van der Waals surface area contributed by atoms with Gasteiger partial charge in [0.1, 0.15) is 12.6 Å². The average molecular weight is 536 g/mol. The second-order valence-electron chi connectivity index (χ2n) is 11.2. The van der Waals surface area contributed by atoms with Gasteiger partial charge in [0.2, 0.25) is 5.91 Å². The molecule has 2 fully saturated rings. The minimum absolute atomic E-state index is 0.0130. The van der Waals surface area contributed by atoms with Crippen molar-refractivity contribution in [3.8, 4) is 0 Å². The first-order chi connectivity index (χ1) is 18.8. The fraction of sp³-hybridized carbons (Fsp3) is 0.500. The first kappa shape index (κ1) is 27.0. The third kappa shape index (κ3) is 6.03. The fourth-order valence-corrected chi connectivity index (χ4v) is 6.24. The molecule has 0 aromatic heterocycles. The summed E-state index contributed by atoms with van der Waals surface area (Å²) in [5.41, 5.74) is 2.68. The van der Waals surface area contributed by atoms with Gasteiger partial charge >= 0.3 is 12.2 Å². The van der Waals surface area contributed by atoms with Crippen LogP contribution in [0.25, 0.3) is 0 Å². The van der Waals surface area contributed by atoms with Crippen LogP contribution in [-0.2, 0) is 26.3 Å². The van der Waals surface area contributed by atoms with Gasteiger partial charge in [-0.1, -0.05) is 56.2 Å². The van der Waals surface area contributed by atoms with Gasteiger partial charge in [0.15, 0.2) is 0 Å². The number of carbonyl (C=O) groups is 3. The molecule has 39 heavy (non-hydrogen) atoms. The van der Waals surface area contributed by atoms with E-state index < -0.39 is 18.2 Å². The highest BCUT2D eigenvalue weighted by Gasteiger charge is 2.46. The number of carboxylic acid groups (broad SMARTS) is 1. The maximum Gasteiger partial charge on any atom is 0.411 e. The van der Waals surface area contributed by atoms with E-state index in [9.17, 15) is 19.5 Å². The number of nitrogens with one attached hydrogen (secondary N) is 2. The van der Waals surface area contributed by atoms with Crippen molar-refractivity contribution in [3.63, 3.8) is 0 Å². The molecule has 1 aliphatic carbocycles. The molecule has 3 N–H and O–H groups in total. The van der Waals surface area contributed by atoms with Crippen LogP contribution in [-0.4, -0.2) is 49.0 Å². The maximum absolute atomic E-state index is 13.6. The number of fused-ring (bicyclic) bond motifs is 2. The van der Waals surface area contributed by atoms with Crippen LogP contribution in [0.15, 0.2) is 48.5 Å². The van der Waals surface area contributed by atoms with Gasteiger partial charge in [-0.25, -0.2) is 9.59 Å². The zero-order chi connectivity index (χ0) is 27.4. The molecule has 0 bridgehead atoms. The van der Waals surface area contributed by atoms with Gasteiger partial charge in [-0.05, 0) is 60.8 Å². The normalized spacial score (nSPS) is 22.5. The van der Waals surface area contributed by atoms with E-state index >= 15 is 0 Å². The predicted molar refractivity (Wildman–Crippen MR) is 147 cm³/mol. The number of anilines is 2. The summed E-state index contributed by atoms with van der Waals surface area (Å²) in [5.74, 6) is 0.249. The van der Waals surface area contributed by atoms with Gasteiger partial charge in [0.25, 0.3) is 0 Å². The smallest absolute Gasteiger partial charge is 0.411 e. The van der Waals surface area contributed by atoms with Crippen molar-refractivity contribution < 1.29 is 29.0 Å². The van der Waals surface area contributed by atoms with Gasteiger partial charge in [-0.15, -0.1) is 0 Å². The lowest BCUT2D eigenvalue weighted by Crippen LogP contribution is -2.49. The molecule has 3 aliphatic rings. The minimum atomic E-state index is -1.01. The second-order valence-corrected chi connectivity index (χ2v) is 11.2. The van der Waals surface area contributed by atoms with E-state index in [-0.39, 0.29) is 23.8 Å². The fourth-order valence-electron chi connectivity index (χ4n) is 6.24. The molecule has 208 valence electrons. The van der Waals surface area contributed by atoms with E-state index in [1.54, 1.807) is 6.07 Å². The molecule has 3 amide bonds. The molecule has 9 heteroatoms. The van der Waals surface area contributed by atoms with Crippen molar-refractivity contribution in [3.05, 3.63) is 59.7 Å². The van der Waals surface area contributed by atoms with Crippen LogP contribution in [0.5, 0.6) is 0 Å². The summed E-state index contributed by atoms with van der Waals surface area (Å²) in [7, 11) is 0. The molecule has 1 atom stereocenters. The van der Waals surface area contributed by atoms with Crippen molar-refractivity contribution in [2.24, 2.45) is 11.8 Å². The molecule has 0 radical (unpaired) electrons. The molecule has 1 spiro atoms. The van der Waals surface area contributed by atoms with Gasteiger partial charge in [-0.3, -0.25) is 9.69 Å². The van der Waals surface area contributed by atoms with E-state index in [1.807, 2.05) is 42.5 Å². The Morgan fingerprint density at radius 2 is 1.79 bits per heavy atom. The molecule has 1 saturated carbocycles. The second kappa shape index (κ2) is 11.7. The first-order valence-electron chi connectivity index (χ1n) is 13.9. The van der Waals surface area contributed by atoms with Crippen molar-refractivity contribution in [2.75, 3.05) is 30.0 Å². The summed E-state index contributed by atoms with van der Waals surface area (Å²) in [4.78, 5) is 39.8. The van der Waals surface area contributed by atoms with Crippen LogP contribution in [0.2, 0.25) is 0 Å². The van der Waals surface area contributed by atoms with Crippen molar-refractivity contribution in [2.45, 2.75) is 63.5 Å². The highest BCUT2D eigenvalue weighted by Crippen LogP contribution is 2.47. The Morgan fingerprint density at radius 3 is 2.49 bits per heavy atom. The van der Waals surface area contributed by atoms with Crippen molar-refractivity contribution in [1.82, 2.24) is 5.32 Å². The molecule has 1 saturated heterocycles. The van der Waals surface area contributed by atoms with Crippen LogP contribution >= 0.6 is 0 Å². The molecular weight excluding hydrogens is 498 g/mol. The highest BCUT2D eigenvalue weighted by molar-refractivity contribution is 5.98. The largest absolute Gasteiger partial charge is 0.465 e. The maximum atomic E-state index is 13.6. The first-order valence-corrected chi connectivity index (χ1v) is 13.9. The molecule has 5 rings (SSSR count). The Bertz CT molecular complexity index is 1190. The number of hydrogen-bond acceptors (Lipinski definition) is 5. The number of alkyl carbamates (subject to hydrolysis) is 1. The number of nitrogens with zero attached hydrogens (tertiary/aromatic N) is 1.